The quantitative estimate of drug-likeness (QED) is 0.322. The van der Waals surface area contributed by atoms with Crippen molar-refractivity contribution in [2.24, 2.45) is 0 Å². The minimum absolute atomic E-state index is 0.0102. The number of halogens is 2. The highest BCUT2D eigenvalue weighted by Gasteiger charge is 2.15. The molecule has 0 unspecified atom stereocenters. The van der Waals surface area contributed by atoms with Crippen molar-refractivity contribution in [2.45, 2.75) is 0 Å². The van der Waals surface area contributed by atoms with E-state index in [1.165, 1.54) is 12.1 Å². The number of aromatic amines is 1. The average molecular weight is 427 g/mol. The first-order valence-electron chi connectivity index (χ1n) is 8.42. The molecule has 7 nitrogen and oxygen atoms in total. The Bertz CT molecular complexity index is 1230. The lowest BCUT2D eigenvalue weighted by molar-refractivity contribution is -0.384. The van der Waals surface area contributed by atoms with Crippen molar-refractivity contribution in [1.82, 2.24) is 9.97 Å². The fourth-order valence-corrected chi connectivity index (χ4v) is 3.44. The Balaban J connectivity index is 1.57. The van der Waals surface area contributed by atoms with Crippen LogP contribution in [-0.4, -0.2) is 20.8 Å². The SMILES string of the molecule is O=C(Nc1ccc(-c2nc3ccc([N+](=O)[O-])cc3[nH]2)cc1)c1c(Cl)cccc1Cl. The van der Waals surface area contributed by atoms with Gasteiger partial charge < -0.3 is 10.3 Å². The Morgan fingerprint density at radius 3 is 2.38 bits per heavy atom. The van der Waals surface area contributed by atoms with Crippen molar-refractivity contribution in [3.05, 3.63) is 86.4 Å². The summed E-state index contributed by atoms with van der Waals surface area (Å²) >= 11 is 12.1. The van der Waals surface area contributed by atoms with Crippen LogP contribution in [0.4, 0.5) is 11.4 Å². The molecule has 1 amide bonds. The van der Waals surface area contributed by atoms with Gasteiger partial charge in [-0.15, -0.1) is 0 Å². The van der Waals surface area contributed by atoms with Crippen LogP contribution in [0.15, 0.2) is 60.7 Å². The van der Waals surface area contributed by atoms with Gasteiger partial charge in [0.1, 0.15) is 5.82 Å². The van der Waals surface area contributed by atoms with Crippen molar-refractivity contribution in [2.75, 3.05) is 5.32 Å². The fourth-order valence-electron chi connectivity index (χ4n) is 2.87. The number of imidazole rings is 1. The van der Waals surface area contributed by atoms with Crippen LogP contribution in [0, 0.1) is 10.1 Å². The van der Waals surface area contributed by atoms with E-state index in [0.29, 0.717) is 22.5 Å². The molecule has 3 aromatic carbocycles. The van der Waals surface area contributed by atoms with E-state index in [0.717, 1.165) is 5.56 Å². The smallest absolute Gasteiger partial charge is 0.271 e. The number of hydrogen-bond acceptors (Lipinski definition) is 4. The number of carbonyl (C=O) groups is 1. The summed E-state index contributed by atoms with van der Waals surface area (Å²) in [7, 11) is 0. The number of nitrogens with one attached hydrogen (secondary N) is 2. The molecule has 4 aromatic rings. The average Bonchev–Trinajstić information content (AvgIpc) is 3.11. The summed E-state index contributed by atoms with van der Waals surface area (Å²) in [5.41, 5.74) is 2.71. The second-order valence-corrected chi connectivity index (χ2v) is 6.99. The number of amides is 1. The first-order chi connectivity index (χ1) is 13.9. The Morgan fingerprint density at radius 2 is 1.72 bits per heavy atom. The van der Waals surface area contributed by atoms with E-state index in [9.17, 15) is 14.9 Å². The van der Waals surface area contributed by atoms with E-state index in [4.69, 9.17) is 23.2 Å². The number of nitro groups is 1. The van der Waals surface area contributed by atoms with Crippen LogP contribution >= 0.6 is 23.2 Å². The Labute approximate surface area is 174 Å². The third-order valence-electron chi connectivity index (χ3n) is 4.28. The number of fused-ring (bicyclic) bond motifs is 1. The van der Waals surface area contributed by atoms with Crippen molar-refractivity contribution < 1.29 is 9.72 Å². The summed E-state index contributed by atoms with van der Waals surface area (Å²) in [6, 6.07) is 16.3. The highest BCUT2D eigenvalue weighted by Crippen LogP contribution is 2.27. The van der Waals surface area contributed by atoms with Gasteiger partial charge in [-0.2, -0.15) is 0 Å². The van der Waals surface area contributed by atoms with Gasteiger partial charge >= 0.3 is 0 Å². The van der Waals surface area contributed by atoms with Gasteiger partial charge in [-0.25, -0.2) is 4.98 Å². The van der Waals surface area contributed by atoms with Gasteiger partial charge in [0.15, 0.2) is 0 Å². The zero-order chi connectivity index (χ0) is 20.5. The predicted octanol–water partition coefficient (Wildman–Crippen LogP) is 5.70. The number of rotatable bonds is 4. The number of anilines is 1. The molecule has 1 aromatic heterocycles. The molecule has 2 N–H and O–H groups in total. The number of H-pyrrole nitrogens is 1. The molecule has 0 aliphatic heterocycles. The van der Waals surface area contributed by atoms with Gasteiger partial charge in [-0.3, -0.25) is 14.9 Å². The maximum atomic E-state index is 12.5. The van der Waals surface area contributed by atoms with Crippen LogP contribution in [0.25, 0.3) is 22.4 Å². The van der Waals surface area contributed by atoms with Gasteiger partial charge in [0.2, 0.25) is 0 Å². The third kappa shape index (κ3) is 3.78. The summed E-state index contributed by atoms with van der Waals surface area (Å²) in [5.74, 6) is 0.150. The zero-order valence-electron chi connectivity index (χ0n) is 14.6. The van der Waals surface area contributed by atoms with E-state index in [1.54, 1.807) is 48.5 Å². The second-order valence-electron chi connectivity index (χ2n) is 6.17. The molecule has 0 spiro atoms. The molecule has 0 bridgehead atoms. The number of nitrogens with zero attached hydrogens (tertiary/aromatic N) is 2. The largest absolute Gasteiger partial charge is 0.338 e. The monoisotopic (exact) mass is 426 g/mol. The summed E-state index contributed by atoms with van der Waals surface area (Å²) in [6.07, 6.45) is 0. The van der Waals surface area contributed by atoms with Gasteiger partial charge in [-0.05, 0) is 42.5 Å². The topological polar surface area (TPSA) is 101 Å². The van der Waals surface area contributed by atoms with E-state index < -0.39 is 10.8 Å². The molecule has 0 aliphatic rings. The Kier molecular flexibility index (Phi) is 4.92. The number of nitro benzene ring substituents is 1. The van der Waals surface area contributed by atoms with Crippen molar-refractivity contribution in [3.63, 3.8) is 0 Å². The number of non-ortho nitro benzene ring substituents is 1. The molecule has 0 aliphatic carbocycles. The van der Waals surface area contributed by atoms with Crippen LogP contribution in [-0.2, 0) is 0 Å². The third-order valence-corrected chi connectivity index (χ3v) is 4.91. The second kappa shape index (κ2) is 7.54. The van der Waals surface area contributed by atoms with Crippen LogP contribution < -0.4 is 5.32 Å². The maximum Gasteiger partial charge on any atom is 0.271 e. The number of hydrogen-bond donors (Lipinski definition) is 2. The summed E-state index contributed by atoms with van der Waals surface area (Å²) in [5, 5.41) is 14.2. The van der Waals surface area contributed by atoms with E-state index in [2.05, 4.69) is 15.3 Å². The van der Waals surface area contributed by atoms with E-state index in [1.807, 2.05) is 0 Å². The Morgan fingerprint density at radius 1 is 1.03 bits per heavy atom. The van der Waals surface area contributed by atoms with Gasteiger partial charge in [-0.1, -0.05) is 29.3 Å². The highest BCUT2D eigenvalue weighted by molar-refractivity contribution is 6.40. The van der Waals surface area contributed by atoms with E-state index >= 15 is 0 Å². The number of carbonyl (C=O) groups excluding carboxylic acids is 1. The minimum atomic E-state index is -0.456. The number of aromatic nitrogens is 2. The molecular weight excluding hydrogens is 415 g/mol. The van der Waals surface area contributed by atoms with Crippen molar-refractivity contribution >= 4 is 51.5 Å². The lowest BCUT2D eigenvalue weighted by atomic mass is 10.1. The first-order valence-corrected chi connectivity index (χ1v) is 9.18. The number of benzene rings is 3. The van der Waals surface area contributed by atoms with Crippen LogP contribution in [0.1, 0.15) is 10.4 Å². The van der Waals surface area contributed by atoms with Crippen LogP contribution in [0.5, 0.6) is 0 Å². The summed E-state index contributed by atoms with van der Waals surface area (Å²) < 4.78 is 0. The molecule has 144 valence electrons. The summed E-state index contributed by atoms with van der Waals surface area (Å²) in [6.45, 7) is 0. The van der Waals surface area contributed by atoms with Crippen LogP contribution in [0.3, 0.4) is 0 Å². The van der Waals surface area contributed by atoms with Crippen molar-refractivity contribution in [3.8, 4) is 11.4 Å². The fraction of sp³-hybridized carbons (Fsp3) is 0. The molecule has 0 saturated heterocycles. The first kappa shape index (κ1) is 18.9. The lowest BCUT2D eigenvalue weighted by Crippen LogP contribution is -2.13. The molecule has 9 heteroatoms. The molecule has 29 heavy (non-hydrogen) atoms. The standard InChI is InChI=1S/C20H12Cl2N4O3/c21-14-2-1-3-15(22)18(14)20(27)23-12-6-4-11(5-7-12)19-24-16-9-8-13(26(28)29)10-17(16)25-19/h1-10H,(H,23,27)(H,24,25). The zero-order valence-corrected chi connectivity index (χ0v) is 16.2. The van der Waals surface area contributed by atoms with Gasteiger partial charge in [0.05, 0.1) is 31.6 Å². The molecule has 0 saturated carbocycles. The molecule has 0 radical (unpaired) electrons. The van der Waals surface area contributed by atoms with Crippen molar-refractivity contribution in [1.29, 1.82) is 0 Å². The minimum Gasteiger partial charge on any atom is -0.338 e. The molecule has 1 heterocycles. The van der Waals surface area contributed by atoms with Gasteiger partial charge in [0, 0.05) is 23.4 Å². The molecule has 4 rings (SSSR count). The van der Waals surface area contributed by atoms with Gasteiger partial charge in [0.25, 0.3) is 11.6 Å². The maximum absolute atomic E-state index is 12.5. The van der Waals surface area contributed by atoms with Crippen LogP contribution in [0.2, 0.25) is 10.0 Å². The summed E-state index contributed by atoms with van der Waals surface area (Å²) in [4.78, 5) is 30.4. The Hall–Kier alpha value is -3.42. The molecular formula is C20H12Cl2N4O3. The predicted molar refractivity (Wildman–Crippen MR) is 113 cm³/mol. The lowest BCUT2D eigenvalue weighted by Gasteiger charge is -2.08. The highest BCUT2D eigenvalue weighted by atomic mass is 35.5. The van der Waals surface area contributed by atoms with E-state index in [-0.39, 0.29) is 21.3 Å². The molecule has 0 atom stereocenters. The molecule has 0 fully saturated rings. The normalized spacial score (nSPS) is 10.8.